The largest absolute Gasteiger partial charge is 0.380 e. The van der Waals surface area contributed by atoms with Gasteiger partial charge in [-0.3, -0.25) is 4.98 Å². The highest BCUT2D eigenvalue weighted by atomic mass is 16.5. The van der Waals surface area contributed by atoms with Gasteiger partial charge in [-0.15, -0.1) is 0 Å². The quantitative estimate of drug-likeness (QED) is 0.540. The molecule has 1 aromatic carbocycles. The maximum absolute atomic E-state index is 12.4. The van der Waals surface area contributed by atoms with Crippen molar-refractivity contribution in [3.8, 4) is 11.5 Å². The molecular weight excluding hydrogens is 428 g/mol. The molecule has 2 aromatic heterocycles. The van der Waals surface area contributed by atoms with Crippen molar-refractivity contribution < 1.29 is 14.4 Å². The van der Waals surface area contributed by atoms with Crippen molar-refractivity contribution >= 4 is 0 Å². The monoisotopic (exact) mass is 464 g/mol. The van der Waals surface area contributed by atoms with Crippen LogP contribution < -0.4 is 0 Å². The van der Waals surface area contributed by atoms with Gasteiger partial charge < -0.3 is 19.3 Å². The summed E-state index contributed by atoms with van der Waals surface area (Å²) < 4.78 is 11.3. The van der Waals surface area contributed by atoms with Gasteiger partial charge in [0.25, 0.3) is 5.89 Å². The third-order valence-electron chi connectivity index (χ3n) is 6.61. The molecule has 0 spiro atoms. The molecule has 0 unspecified atom stereocenters. The van der Waals surface area contributed by atoms with Crippen molar-refractivity contribution in [2.75, 3.05) is 20.1 Å². The van der Waals surface area contributed by atoms with Crippen molar-refractivity contribution in [1.29, 1.82) is 0 Å². The van der Waals surface area contributed by atoms with Gasteiger partial charge in [-0.05, 0) is 50.9 Å². The zero-order valence-corrected chi connectivity index (χ0v) is 21.3. The molecule has 4 rings (SSSR count). The van der Waals surface area contributed by atoms with Crippen LogP contribution in [0.4, 0.5) is 0 Å². The Balaban J connectivity index is 1.71. The summed E-state index contributed by atoms with van der Waals surface area (Å²) in [6, 6.07) is 10.2. The van der Waals surface area contributed by atoms with E-state index in [1.807, 2.05) is 39.0 Å². The minimum Gasteiger partial charge on any atom is -0.380 e. The maximum Gasteiger partial charge on any atom is 0.259 e. The molecule has 7 nitrogen and oxygen atoms in total. The summed E-state index contributed by atoms with van der Waals surface area (Å²) in [5.74, 6) is 1.25. The number of nitrogens with zero attached hydrogens (tertiary/aromatic N) is 4. The summed E-state index contributed by atoms with van der Waals surface area (Å²) in [5, 5.41) is 16.4. The van der Waals surface area contributed by atoms with Crippen LogP contribution in [0.3, 0.4) is 0 Å². The molecule has 34 heavy (non-hydrogen) atoms. The summed E-state index contributed by atoms with van der Waals surface area (Å²) in [6.07, 6.45) is 3.42. The van der Waals surface area contributed by atoms with E-state index in [1.54, 1.807) is 12.4 Å². The number of ether oxygens (including phenoxy) is 1. The van der Waals surface area contributed by atoms with Crippen LogP contribution in [0.25, 0.3) is 11.5 Å². The lowest BCUT2D eigenvalue weighted by Gasteiger charge is -2.55. The van der Waals surface area contributed by atoms with E-state index in [2.05, 4.69) is 60.0 Å². The lowest BCUT2D eigenvalue weighted by molar-refractivity contribution is -0.127. The number of aromatic nitrogens is 3. The summed E-state index contributed by atoms with van der Waals surface area (Å²) in [4.78, 5) is 11.1. The fourth-order valence-corrected chi connectivity index (χ4v) is 4.81. The lowest BCUT2D eigenvalue weighted by Crippen LogP contribution is -2.63. The van der Waals surface area contributed by atoms with Gasteiger partial charge in [-0.2, -0.15) is 4.98 Å². The predicted octanol–water partition coefficient (Wildman–Crippen LogP) is 4.76. The van der Waals surface area contributed by atoms with Gasteiger partial charge in [0.2, 0.25) is 0 Å². The highest BCUT2D eigenvalue weighted by Gasteiger charge is 2.55. The van der Waals surface area contributed by atoms with Crippen molar-refractivity contribution in [3.05, 3.63) is 65.2 Å². The van der Waals surface area contributed by atoms with Crippen molar-refractivity contribution in [2.24, 2.45) is 5.41 Å². The molecule has 0 saturated carbocycles. The zero-order chi connectivity index (χ0) is 24.7. The van der Waals surface area contributed by atoms with E-state index in [-0.39, 0.29) is 17.6 Å². The van der Waals surface area contributed by atoms with Gasteiger partial charge in [0.15, 0.2) is 5.82 Å². The molecule has 182 valence electrons. The topological polar surface area (TPSA) is 84.5 Å². The molecule has 1 aliphatic rings. The molecule has 1 atom stereocenters. The van der Waals surface area contributed by atoms with E-state index < -0.39 is 5.60 Å². The Kier molecular flexibility index (Phi) is 6.40. The molecule has 3 heterocycles. The Hall–Kier alpha value is -2.61. The summed E-state index contributed by atoms with van der Waals surface area (Å²) in [7, 11) is 2.07. The molecule has 0 bridgehead atoms. The van der Waals surface area contributed by atoms with Gasteiger partial charge in [0, 0.05) is 36.5 Å². The van der Waals surface area contributed by atoms with Gasteiger partial charge in [0.05, 0.1) is 11.2 Å². The number of hydrogen-bond acceptors (Lipinski definition) is 7. The Morgan fingerprint density at radius 1 is 1.12 bits per heavy atom. The highest BCUT2D eigenvalue weighted by Crippen LogP contribution is 2.50. The van der Waals surface area contributed by atoms with Crippen LogP contribution in [0.5, 0.6) is 0 Å². The number of hydrogen-bond donors (Lipinski definition) is 1. The normalized spacial score (nSPS) is 18.0. The lowest BCUT2D eigenvalue weighted by atomic mass is 9.62. The first-order valence-corrected chi connectivity index (χ1v) is 11.9. The average Bonchev–Trinajstić information content (AvgIpc) is 3.25. The standard InChI is InChI=1S/C27H36N4O3/c1-18(2)19-8-10-21(11-9-19)27(32,26(6)16-31(7)17-26)22-12-20(13-28-14-22)24-29-23(30-34-24)15-33-25(3,4)5/h8-14,18,32H,15-17H2,1-7H3/t27-/m0/s1. The molecule has 1 N–H and O–H groups in total. The van der Waals surface area contributed by atoms with Gasteiger partial charge in [-0.25, -0.2) is 0 Å². The SMILES string of the molecule is CC(C)c1ccc([C@](O)(c2cncc(-c3nc(COC(C)(C)C)no3)c2)C2(C)CN(C)C2)cc1. The van der Waals surface area contributed by atoms with Crippen molar-refractivity contribution in [2.45, 2.75) is 65.3 Å². The first-order chi connectivity index (χ1) is 15.9. The van der Waals surface area contributed by atoms with E-state index >= 15 is 0 Å². The van der Waals surface area contributed by atoms with Gasteiger partial charge in [-0.1, -0.05) is 50.2 Å². The molecule has 3 aromatic rings. The van der Waals surface area contributed by atoms with Gasteiger partial charge in [0.1, 0.15) is 12.2 Å². The summed E-state index contributed by atoms with van der Waals surface area (Å²) in [6.45, 7) is 14.2. The highest BCUT2D eigenvalue weighted by molar-refractivity contribution is 5.55. The minimum absolute atomic E-state index is 0.261. The average molecular weight is 465 g/mol. The maximum atomic E-state index is 12.4. The van der Waals surface area contributed by atoms with Crippen LogP contribution in [-0.2, 0) is 16.9 Å². The van der Waals surface area contributed by atoms with Crippen molar-refractivity contribution in [1.82, 2.24) is 20.0 Å². The first kappa shape index (κ1) is 24.5. The van der Waals surface area contributed by atoms with E-state index in [1.165, 1.54) is 5.56 Å². The zero-order valence-electron chi connectivity index (χ0n) is 21.3. The van der Waals surface area contributed by atoms with E-state index in [9.17, 15) is 5.11 Å². The van der Waals surface area contributed by atoms with Gasteiger partial charge >= 0.3 is 0 Å². The second-order valence-electron chi connectivity index (χ2n) is 11.1. The molecule has 1 aliphatic heterocycles. The Bertz CT molecular complexity index is 1130. The van der Waals surface area contributed by atoms with Crippen LogP contribution in [0.2, 0.25) is 0 Å². The number of likely N-dealkylation sites (tertiary alicyclic amines) is 1. The number of benzene rings is 1. The molecule has 1 saturated heterocycles. The molecule has 0 amide bonds. The fourth-order valence-electron chi connectivity index (χ4n) is 4.81. The fraction of sp³-hybridized carbons (Fsp3) is 0.519. The molecule has 1 fully saturated rings. The van der Waals surface area contributed by atoms with Crippen molar-refractivity contribution in [3.63, 3.8) is 0 Å². The first-order valence-electron chi connectivity index (χ1n) is 11.9. The van der Waals surface area contributed by atoms with Crippen LogP contribution in [0.15, 0.2) is 47.2 Å². The number of aliphatic hydroxyl groups is 1. The Labute approximate surface area is 202 Å². The summed E-state index contributed by atoms with van der Waals surface area (Å²) >= 11 is 0. The number of pyridine rings is 1. The predicted molar refractivity (Wildman–Crippen MR) is 131 cm³/mol. The number of rotatable bonds is 7. The molecule has 7 heteroatoms. The van der Waals surface area contributed by atoms with Crippen LogP contribution >= 0.6 is 0 Å². The van der Waals surface area contributed by atoms with E-state index in [4.69, 9.17) is 9.26 Å². The smallest absolute Gasteiger partial charge is 0.259 e. The third kappa shape index (κ3) is 4.65. The molecule has 0 radical (unpaired) electrons. The molecule has 0 aliphatic carbocycles. The second kappa shape index (κ2) is 8.87. The van der Waals surface area contributed by atoms with Crippen LogP contribution in [-0.4, -0.2) is 50.9 Å². The molecular formula is C27H36N4O3. The minimum atomic E-state index is -1.23. The third-order valence-corrected chi connectivity index (χ3v) is 6.61. The van der Waals surface area contributed by atoms with Crippen LogP contribution in [0.1, 0.15) is 70.0 Å². The Morgan fingerprint density at radius 2 is 1.79 bits per heavy atom. The summed E-state index contributed by atoms with van der Waals surface area (Å²) in [5.41, 5.74) is 1.58. The second-order valence-corrected chi connectivity index (χ2v) is 11.1. The van der Waals surface area contributed by atoms with Crippen LogP contribution in [0, 0.1) is 5.41 Å². The van der Waals surface area contributed by atoms with E-state index in [0.717, 1.165) is 18.7 Å². The van der Waals surface area contributed by atoms with E-state index in [0.29, 0.717) is 28.8 Å². The Morgan fingerprint density at radius 3 is 2.38 bits per heavy atom.